The van der Waals surface area contributed by atoms with Crippen molar-refractivity contribution < 1.29 is 9.84 Å². The molecule has 0 saturated carbocycles. The van der Waals surface area contributed by atoms with Crippen molar-refractivity contribution in [2.75, 3.05) is 6.61 Å². The molecule has 0 radical (unpaired) electrons. The van der Waals surface area contributed by atoms with Gasteiger partial charge in [-0.05, 0) is 22.9 Å². The molecule has 3 nitrogen and oxygen atoms in total. The summed E-state index contributed by atoms with van der Waals surface area (Å²) in [4.78, 5) is 0. The van der Waals surface area contributed by atoms with Crippen molar-refractivity contribution in [3.8, 4) is 11.8 Å². The zero-order chi connectivity index (χ0) is 12.1. The minimum Gasteiger partial charge on any atom is -0.491 e. The fourth-order valence-corrected chi connectivity index (χ4v) is 1.61. The van der Waals surface area contributed by atoms with E-state index in [0.717, 1.165) is 10.8 Å². The highest BCUT2D eigenvalue weighted by Crippen LogP contribution is 2.20. The SMILES string of the molecule is N#CC[C@H](O)COc1ccc2ccccc2c1. The lowest BCUT2D eigenvalue weighted by molar-refractivity contribution is 0.111. The number of hydrogen-bond acceptors (Lipinski definition) is 3. The zero-order valence-electron chi connectivity index (χ0n) is 9.34. The summed E-state index contributed by atoms with van der Waals surface area (Å²) in [5, 5.41) is 20.0. The summed E-state index contributed by atoms with van der Waals surface area (Å²) in [6.45, 7) is 0.145. The van der Waals surface area contributed by atoms with Crippen LogP contribution in [0.25, 0.3) is 10.8 Å². The number of aliphatic hydroxyl groups is 1. The predicted octanol–water partition coefficient (Wildman–Crippen LogP) is 2.49. The highest BCUT2D eigenvalue weighted by atomic mass is 16.5. The lowest BCUT2D eigenvalue weighted by Gasteiger charge is -2.10. The Kier molecular flexibility index (Phi) is 3.59. The average Bonchev–Trinajstić information content (AvgIpc) is 2.36. The van der Waals surface area contributed by atoms with Crippen LogP contribution in [-0.2, 0) is 0 Å². The molecule has 0 aliphatic rings. The summed E-state index contributed by atoms with van der Waals surface area (Å²) < 4.78 is 5.43. The van der Waals surface area contributed by atoms with Gasteiger partial charge in [0.25, 0.3) is 0 Å². The smallest absolute Gasteiger partial charge is 0.120 e. The van der Waals surface area contributed by atoms with Crippen molar-refractivity contribution in [3.63, 3.8) is 0 Å². The Morgan fingerprint density at radius 1 is 1.18 bits per heavy atom. The summed E-state index contributed by atoms with van der Waals surface area (Å²) in [7, 11) is 0. The maximum Gasteiger partial charge on any atom is 0.120 e. The molecule has 0 amide bonds. The Bertz CT molecular complexity index is 545. The van der Waals surface area contributed by atoms with Gasteiger partial charge < -0.3 is 9.84 Å². The first-order chi connectivity index (χ1) is 8.29. The lowest BCUT2D eigenvalue weighted by atomic mass is 10.1. The fraction of sp³-hybridized carbons (Fsp3) is 0.214. The van der Waals surface area contributed by atoms with Crippen molar-refractivity contribution >= 4 is 10.8 Å². The van der Waals surface area contributed by atoms with Crippen molar-refractivity contribution in [2.45, 2.75) is 12.5 Å². The molecule has 86 valence electrons. The Morgan fingerprint density at radius 2 is 1.94 bits per heavy atom. The molecule has 0 aliphatic heterocycles. The van der Waals surface area contributed by atoms with E-state index in [4.69, 9.17) is 10.00 Å². The van der Waals surface area contributed by atoms with Gasteiger partial charge in [0.2, 0.25) is 0 Å². The Morgan fingerprint density at radius 3 is 2.71 bits per heavy atom. The molecular formula is C14H13NO2. The Hall–Kier alpha value is -2.05. The first-order valence-electron chi connectivity index (χ1n) is 5.46. The van der Waals surface area contributed by atoms with E-state index in [2.05, 4.69) is 0 Å². The van der Waals surface area contributed by atoms with Crippen LogP contribution in [0.3, 0.4) is 0 Å². The molecule has 0 aliphatic carbocycles. The maximum atomic E-state index is 9.38. The molecule has 0 bridgehead atoms. The lowest BCUT2D eigenvalue weighted by Crippen LogP contribution is -2.16. The van der Waals surface area contributed by atoms with Crippen LogP contribution in [0.1, 0.15) is 6.42 Å². The van der Waals surface area contributed by atoms with Gasteiger partial charge in [-0.25, -0.2) is 0 Å². The minimum absolute atomic E-state index is 0.0909. The van der Waals surface area contributed by atoms with Crippen molar-refractivity contribution in [1.82, 2.24) is 0 Å². The highest BCUT2D eigenvalue weighted by Gasteiger charge is 2.04. The summed E-state index contributed by atoms with van der Waals surface area (Å²) >= 11 is 0. The first-order valence-corrected chi connectivity index (χ1v) is 5.46. The highest BCUT2D eigenvalue weighted by molar-refractivity contribution is 5.83. The van der Waals surface area contributed by atoms with Crippen LogP contribution in [-0.4, -0.2) is 17.8 Å². The molecule has 2 rings (SSSR count). The van der Waals surface area contributed by atoms with Crippen LogP contribution in [0.5, 0.6) is 5.75 Å². The van der Waals surface area contributed by atoms with Crippen LogP contribution in [0.2, 0.25) is 0 Å². The molecule has 0 saturated heterocycles. The second kappa shape index (κ2) is 5.33. The van der Waals surface area contributed by atoms with E-state index in [-0.39, 0.29) is 13.0 Å². The molecule has 0 unspecified atom stereocenters. The minimum atomic E-state index is -0.730. The number of nitrogens with zero attached hydrogens (tertiary/aromatic N) is 1. The number of hydrogen-bond donors (Lipinski definition) is 1. The molecular weight excluding hydrogens is 214 g/mol. The fourth-order valence-electron chi connectivity index (χ4n) is 1.61. The standard InChI is InChI=1S/C14H13NO2/c15-8-7-13(16)10-17-14-6-5-11-3-1-2-4-12(11)9-14/h1-6,9,13,16H,7,10H2/t13-/m0/s1. The second-order valence-corrected chi connectivity index (χ2v) is 3.84. The molecule has 0 spiro atoms. The average molecular weight is 227 g/mol. The molecule has 3 heteroatoms. The Balaban J connectivity index is 2.07. The monoisotopic (exact) mass is 227 g/mol. The molecule has 0 heterocycles. The van der Waals surface area contributed by atoms with Gasteiger partial charge in [-0.15, -0.1) is 0 Å². The van der Waals surface area contributed by atoms with Gasteiger partial charge in [0.05, 0.1) is 12.5 Å². The predicted molar refractivity (Wildman–Crippen MR) is 65.7 cm³/mol. The van der Waals surface area contributed by atoms with E-state index in [1.165, 1.54) is 0 Å². The molecule has 0 fully saturated rings. The summed E-state index contributed by atoms with van der Waals surface area (Å²) in [6, 6.07) is 15.7. The summed E-state index contributed by atoms with van der Waals surface area (Å²) in [5.41, 5.74) is 0. The molecule has 17 heavy (non-hydrogen) atoms. The van der Waals surface area contributed by atoms with Gasteiger partial charge in [0.1, 0.15) is 18.5 Å². The van der Waals surface area contributed by atoms with Crippen molar-refractivity contribution in [3.05, 3.63) is 42.5 Å². The summed E-state index contributed by atoms with van der Waals surface area (Å²) in [6.07, 6.45) is -0.639. The van der Waals surface area contributed by atoms with Crippen LogP contribution in [0, 0.1) is 11.3 Å². The van der Waals surface area contributed by atoms with Crippen molar-refractivity contribution in [2.24, 2.45) is 0 Å². The molecule has 1 N–H and O–H groups in total. The van der Waals surface area contributed by atoms with Crippen LogP contribution in [0.4, 0.5) is 0 Å². The number of rotatable bonds is 4. The van der Waals surface area contributed by atoms with Gasteiger partial charge in [0, 0.05) is 0 Å². The molecule has 0 aromatic heterocycles. The third-order valence-corrected chi connectivity index (χ3v) is 2.49. The Labute approximate surface area is 99.9 Å². The van der Waals surface area contributed by atoms with E-state index >= 15 is 0 Å². The van der Waals surface area contributed by atoms with Gasteiger partial charge in [-0.2, -0.15) is 5.26 Å². The van der Waals surface area contributed by atoms with Gasteiger partial charge in [0.15, 0.2) is 0 Å². The van der Waals surface area contributed by atoms with E-state index < -0.39 is 6.10 Å². The number of fused-ring (bicyclic) bond motifs is 1. The van der Waals surface area contributed by atoms with E-state index in [1.807, 2.05) is 48.5 Å². The van der Waals surface area contributed by atoms with Crippen molar-refractivity contribution in [1.29, 1.82) is 5.26 Å². The molecule has 2 aromatic rings. The second-order valence-electron chi connectivity index (χ2n) is 3.84. The maximum absolute atomic E-state index is 9.38. The van der Waals surface area contributed by atoms with Crippen LogP contribution >= 0.6 is 0 Å². The van der Waals surface area contributed by atoms with E-state index in [0.29, 0.717) is 5.75 Å². The largest absolute Gasteiger partial charge is 0.491 e. The number of ether oxygens (including phenoxy) is 1. The van der Waals surface area contributed by atoms with E-state index in [1.54, 1.807) is 0 Å². The van der Waals surface area contributed by atoms with Crippen LogP contribution < -0.4 is 4.74 Å². The normalized spacial score (nSPS) is 12.0. The number of benzene rings is 2. The third kappa shape index (κ3) is 2.96. The number of nitriles is 1. The van der Waals surface area contributed by atoms with Gasteiger partial charge in [-0.3, -0.25) is 0 Å². The first kappa shape index (κ1) is 11.4. The molecule has 1 atom stereocenters. The summed E-state index contributed by atoms with van der Waals surface area (Å²) in [5.74, 6) is 0.709. The topological polar surface area (TPSA) is 53.2 Å². The quantitative estimate of drug-likeness (QED) is 0.873. The van der Waals surface area contributed by atoms with Crippen LogP contribution in [0.15, 0.2) is 42.5 Å². The number of aliphatic hydroxyl groups excluding tert-OH is 1. The van der Waals surface area contributed by atoms with Gasteiger partial charge in [-0.1, -0.05) is 30.3 Å². The third-order valence-electron chi connectivity index (χ3n) is 2.49. The van der Waals surface area contributed by atoms with E-state index in [9.17, 15) is 5.11 Å². The van der Waals surface area contributed by atoms with Gasteiger partial charge >= 0.3 is 0 Å². The molecule has 2 aromatic carbocycles. The zero-order valence-corrected chi connectivity index (χ0v) is 9.34.